The van der Waals surface area contributed by atoms with Gasteiger partial charge in [-0.2, -0.15) is 0 Å². The van der Waals surface area contributed by atoms with Gasteiger partial charge in [0, 0.05) is 30.6 Å². The number of benzene rings is 3. The van der Waals surface area contributed by atoms with Crippen LogP contribution < -0.4 is 9.47 Å². The van der Waals surface area contributed by atoms with Crippen molar-refractivity contribution >= 4 is 21.5 Å². The molecule has 3 aromatic rings. The van der Waals surface area contributed by atoms with Crippen molar-refractivity contribution in [3.63, 3.8) is 0 Å². The Hall–Kier alpha value is -2.92. The predicted molar refractivity (Wildman–Crippen MR) is 107 cm³/mol. The molecule has 27 heavy (non-hydrogen) atoms. The minimum absolute atomic E-state index is 0.0885. The Morgan fingerprint density at radius 3 is 2.63 bits per heavy atom. The summed E-state index contributed by atoms with van der Waals surface area (Å²) in [5.41, 5.74) is 2.06. The van der Waals surface area contributed by atoms with E-state index in [1.54, 1.807) is 19.2 Å². The van der Waals surface area contributed by atoms with E-state index in [2.05, 4.69) is 11.5 Å². The number of hydrogen-bond acceptors (Lipinski definition) is 5. The van der Waals surface area contributed by atoms with Gasteiger partial charge in [0.2, 0.25) is 0 Å². The summed E-state index contributed by atoms with van der Waals surface area (Å²) in [6.45, 7) is 6.18. The molecule has 4 rings (SSSR count). The van der Waals surface area contributed by atoms with Crippen LogP contribution in [0.1, 0.15) is 11.1 Å². The highest BCUT2D eigenvalue weighted by Crippen LogP contribution is 2.47. The Balaban J connectivity index is 2.06. The van der Waals surface area contributed by atoms with Crippen molar-refractivity contribution in [2.24, 2.45) is 0 Å². The van der Waals surface area contributed by atoms with Gasteiger partial charge in [-0.3, -0.25) is 4.90 Å². The molecule has 0 radical (unpaired) electrons. The largest absolute Gasteiger partial charge is 0.504 e. The van der Waals surface area contributed by atoms with Gasteiger partial charge in [0.25, 0.3) is 0 Å². The van der Waals surface area contributed by atoms with Crippen molar-refractivity contribution in [3.05, 3.63) is 48.0 Å². The zero-order chi connectivity index (χ0) is 19.1. The minimum atomic E-state index is 0.0885. The summed E-state index contributed by atoms with van der Waals surface area (Å²) in [4.78, 5) is 2.25. The lowest BCUT2D eigenvalue weighted by molar-refractivity contribution is 0.274. The molecule has 0 saturated carbocycles. The van der Waals surface area contributed by atoms with Gasteiger partial charge in [0.1, 0.15) is 0 Å². The standard InChI is InChI=1S/C22H23NO4/c1-4-8-23-9-7-14-15-6-5-13-10-18(24)19(26-2)11-16(13)20(15)22(27-3)21(25)17(14)12-23/h4-6,10-11,24-25H,1,7-9,12H2,2-3H3. The molecule has 5 heteroatoms. The van der Waals surface area contributed by atoms with E-state index in [1.165, 1.54) is 7.11 Å². The van der Waals surface area contributed by atoms with Crippen molar-refractivity contribution in [1.29, 1.82) is 0 Å². The quantitative estimate of drug-likeness (QED) is 0.541. The fourth-order valence-electron chi connectivity index (χ4n) is 4.13. The van der Waals surface area contributed by atoms with Gasteiger partial charge in [-0.25, -0.2) is 0 Å². The number of rotatable bonds is 4. The van der Waals surface area contributed by atoms with E-state index in [9.17, 15) is 10.2 Å². The van der Waals surface area contributed by atoms with Crippen LogP contribution in [-0.4, -0.2) is 42.4 Å². The molecule has 5 nitrogen and oxygen atoms in total. The lowest BCUT2D eigenvalue weighted by Crippen LogP contribution is -2.30. The van der Waals surface area contributed by atoms with Crippen molar-refractivity contribution < 1.29 is 19.7 Å². The Labute approximate surface area is 158 Å². The van der Waals surface area contributed by atoms with Crippen molar-refractivity contribution in [2.45, 2.75) is 13.0 Å². The molecule has 0 bridgehead atoms. The third-order valence-electron chi connectivity index (χ3n) is 5.39. The highest BCUT2D eigenvalue weighted by molar-refractivity contribution is 6.14. The molecule has 2 N–H and O–H groups in total. The van der Waals surface area contributed by atoms with Crippen LogP contribution in [0.4, 0.5) is 0 Å². The summed E-state index contributed by atoms with van der Waals surface area (Å²) in [6.07, 6.45) is 2.73. The maximum atomic E-state index is 11.0. The van der Waals surface area contributed by atoms with Crippen molar-refractivity contribution in [3.8, 4) is 23.0 Å². The maximum Gasteiger partial charge on any atom is 0.169 e. The number of aromatic hydroxyl groups is 2. The van der Waals surface area contributed by atoms with E-state index in [4.69, 9.17) is 9.47 Å². The summed E-state index contributed by atoms with van der Waals surface area (Å²) < 4.78 is 10.9. The van der Waals surface area contributed by atoms with E-state index in [0.717, 1.165) is 52.2 Å². The molecule has 0 atom stereocenters. The van der Waals surface area contributed by atoms with E-state index < -0.39 is 0 Å². The lowest BCUT2D eigenvalue weighted by Gasteiger charge is -2.30. The molecule has 0 unspecified atom stereocenters. The first-order valence-corrected chi connectivity index (χ1v) is 8.96. The van der Waals surface area contributed by atoms with Crippen LogP contribution in [-0.2, 0) is 13.0 Å². The van der Waals surface area contributed by atoms with Gasteiger partial charge in [0.15, 0.2) is 23.0 Å². The second kappa shape index (κ2) is 6.67. The third-order valence-corrected chi connectivity index (χ3v) is 5.39. The van der Waals surface area contributed by atoms with Crippen LogP contribution in [0.15, 0.2) is 36.9 Å². The first kappa shape index (κ1) is 17.5. The molecule has 0 aliphatic carbocycles. The molecule has 0 aromatic heterocycles. The summed E-state index contributed by atoms with van der Waals surface area (Å²) >= 11 is 0. The monoisotopic (exact) mass is 365 g/mol. The molecule has 1 aliphatic heterocycles. The fraction of sp³-hybridized carbons (Fsp3) is 0.273. The molecular weight excluding hydrogens is 342 g/mol. The fourth-order valence-corrected chi connectivity index (χ4v) is 4.13. The number of nitrogens with zero attached hydrogens (tertiary/aromatic N) is 1. The van der Waals surface area contributed by atoms with Gasteiger partial charge in [-0.1, -0.05) is 18.2 Å². The number of fused-ring (bicyclic) bond motifs is 5. The highest BCUT2D eigenvalue weighted by atomic mass is 16.5. The smallest absolute Gasteiger partial charge is 0.169 e. The first-order chi connectivity index (χ1) is 13.1. The van der Waals surface area contributed by atoms with Crippen LogP contribution in [0.25, 0.3) is 21.5 Å². The van der Waals surface area contributed by atoms with Gasteiger partial charge in [-0.15, -0.1) is 6.58 Å². The molecule has 3 aromatic carbocycles. The molecule has 1 aliphatic rings. The number of methoxy groups -OCH3 is 2. The molecule has 140 valence electrons. The number of ether oxygens (including phenoxy) is 2. The highest BCUT2D eigenvalue weighted by Gasteiger charge is 2.26. The zero-order valence-electron chi connectivity index (χ0n) is 15.6. The van der Waals surface area contributed by atoms with Gasteiger partial charge < -0.3 is 19.7 Å². The average molecular weight is 365 g/mol. The van der Waals surface area contributed by atoms with Gasteiger partial charge in [0.05, 0.1) is 14.2 Å². The maximum absolute atomic E-state index is 11.0. The molecule has 0 saturated heterocycles. The van der Waals surface area contributed by atoms with E-state index in [0.29, 0.717) is 18.0 Å². The number of hydrogen-bond donors (Lipinski definition) is 2. The van der Waals surface area contributed by atoms with E-state index in [1.807, 2.05) is 18.2 Å². The van der Waals surface area contributed by atoms with Gasteiger partial charge in [-0.05, 0) is 40.3 Å². The Morgan fingerprint density at radius 2 is 1.93 bits per heavy atom. The first-order valence-electron chi connectivity index (χ1n) is 8.96. The van der Waals surface area contributed by atoms with Crippen molar-refractivity contribution in [2.75, 3.05) is 27.3 Å². The second-order valence-corrected chi connectivity index (χ2v) is 6.85. The van der Waals surface area contributed by atoms with Crippen LogP contribution in [0, 0.1) is 0 Å². The van der Waals surface area contributed by atoms with Gasteiger partial charge >= 0.3 is 0 Å². The van der Waals surface area contributed by atoms with Crippen LogP contribution >= 0.6 is 0 Å². The van der Waals surface area contributed by atoms with Crippen molar-refractivity contribution in [1.82, 2.24) is 4.90 Å². The lowest BCUT2D eigenvalue weighted by atomic mass is 9.89. The number of phenols is 2. The summed E-state index contributed by atoms with van der Waals surface area (Å²) in [6, 6.07) is 7.51. The summed E-state index contributed by atoms with van der Waals surface area (Å²) in [7, 11) is 3.10. The Bertz CT molecular complexity index is 1060. The molecular formula is C22H23NO4. The minimum Gasteiger partial charge on any atom is -0.504 e. The van der Waals surface area contributed by atoms with Crippen LogP contribution in [0.2, 0.25) is 0 Å². The summed E-state index contributed by atoms with van der Waals surface area (Å²) in [5, 5.41) is 24.8. The average Bonchev–Trinajstić information content (AvgIpc) is 2.68. The molecule has 0 fully saturated rings. The van der Waals surface area contributed by atoms with E-state index >= 15 is 0 Å². The normalized spacial score (nSPS) is 14.3. The second-order valence-electron chi connectivity index (χ2n) is 6.85. The third kappa shape index (κ3) is 2.66. The molecule has 0 spiro atoms. The van der Waals surface area contributed by atoms with E-state index in [-0.39, 0.29) is 11.5 Å². The predicted octanol–water partition coefficient (Wildman–Crippen LogP) is 3.97. The zero-order valence-corrected chi connectivity index (χ0v) is 15.6. The topological polar surface area (TPSA) is 62.2 Å². The van der Waals surface area contributed by atoms with Crippen LogP contribution in [0.5, 0.6) is 23.0 Å². The number of phenolic OH excluding ortho intramolecular Hbond substituents is 2. The molecule has 1 heterocycles. The SMILES string of the molecule is C=CCN1CCc2c(c(O)c(OC)c3c2ccc2cc(O)c(OC)cc23)C1. The summed E-state index contributed by atoms with van der Waals surface area (Å²) in [5.74, 6) is 1.13. The Morgan fingerprint density at radius 1 is 1.11 bits per heavy atom. The van der Waals surface area contributed by atoms with Crippen LogP contribution in [0.3, 0.4) is 0 Å². The molecule has 0 amide bonds. The Kier molecular flexibility index (Phi) is 4.32.